The highest BCUT2D eigenvalue weighted by Crippen LogP contribution is 2.32. The molecule has 0 aromatic rings. The largest absolute Gasteiger partial charge is 0.387 e. The number of hydrogen-bond donors (Lipinski definition) is 1. The molecule has 0 radical (unpaired) electrons. The molecule has 0 spiro atoms. The lowest BCUT2D eigenvalue weighted by Crippen LogP contribution is -2.20. The third-order valence-corrected chi connectivity index (χ3v) is 4.45. The number of aliphatic hydroxyl groups excluding tert-OH is 1. The van der Waals surface area contributed by atoms with Gasteiger partial charge in [-0.15, -0.1) is 30.1 Å². The lowest BCUT2D eigenvalue weighted by Gasteiger charge is -2.23. The van der Waals surface area contributed by atoms with Crippen molar-refractivity contribution in [3.63, 3.8) is 0 Å². The Balaban J connectivity index is 2.30. The first kappa shape index (κ1) is 8.50. The van der Waals surface area contributed by atoms with Crippen LogP contribution in [0.4, 0.5) is 0 Å². The zero-order valence-electron chi connectivity index (χ0n) is 5.82. The van der Waals surface area contributed by atoms with Gasteiger partial charge in [0.25, 0.3) is 0 Å². The molecular formula is C7H12OS2. The van der Waals surface area contributed by atoms with Gasteiger partial charge < -0.3 is 5.11 Å². The standard InChI is InChI=1S/C7H12OS2/c1-2-6(8)7-9-4-3-5-10-7/h2,6-8H,1,3-5H2/t6-/m0/s1. The highest BCUT2D eigenvalue weighted by atomic mass is 32.2. The van der Waals surface area contributed by atoms with E-state index in [9.17, 15) is 5.11 Å². The lowest BCUT2D eigenvalue weighted by atomic mass is 10.4. The first-order chi connectivity index (χ1) is 4.84. The predicted octanol–water partition coefficient (Wildman–Crippen LogP) is 1.73. The van der Waals surface area contributed by atoms with E-state index in [-0.39, 0.29) is 6.10 Å². The van der Waals surface area contributed by atoms with Crippen LogP contribution in [0.3, 0.4) is 0 Å². The van der Waals surface area contributed by atoms with Gasteiger partial charge in [0.2, 0.25) is 0 Å². The molecule has 1 atom stereocenters. The second-order valence-corrected chi connectivity index (χ2v) is 4.99. The Bertz CT molecular complexity index is 110. The summed E-state index contributed by atoms with van der Waals surface area (Å²) in [5.74, 6) is 2.37. The highest BCUT2D eigenvalue weighted by Gasteiger charge is 2.19. The van der Waals surface area contributed by atoms with Gasteiger partial charge in [0.15, 0.2) is 0 Å². The molecule has 0 saturated carbocycles. The van der Waals surface area contributed by atoms with Gasteiger partial charge in [0.1, 0.15) is 0 Å². The molecule has 1 N–H and O–H groups in total. The van der Waals surface area contributed by atoms with Crippen LogP contribution in [0.25, 0.3) is 0 Å². The average Bonchev–Trinajstić information content (AvgIpc) is 2.05. The summed E-state index contributed by atoms with van der Waals surface area (Å²) >= 11 is 3.68. The molecule has 0 aliphatic carbocycles. The van der Waals surface area contributed by atoms with E-state index in [1.165, 1.54) is 17.9 Å². The third kappa shape index (κ3) is 2.22. The summed E-state index contributed by atoms with van der Waals surface area (Å²) in [7, 11) is 0. The summed E-state index contributed by atoms with van der Waals surface area (Å²) in [5.41, 5.74) is 0. The van der Waals surface area contributed by atoms with E-state index in [0.717, 1.165) is 0 Å². The van der Waals surface area contributed by atoms with Crippen molar-refractivity contribution in [2.45, 2.75) is 17.1 Å². The van der Waals surface area contributed by atoms with Gasteiger partial charge in [-0.05, 0) is 17.9 Å². The van der Waals surface area contributed by atoms with Crippen molar-refractivity contribution in [2.24, 2.45) is 0 Å². The maximum Gasteiger partial charge on any atom is 0.0928 e. The van der Waals surface area contributed by atoms with Crippen LogP contribution in [-0.2, 0) is 0 Å². The summed E-state index contributed by atoms with van der Waals surface area (Å²) in [5, 5.41) is 9.32. The molecular weight excluding hydrogens is 164 g/mol. The van der Waals surface area contributed by atoms with Crippen molar-refractivity contribution in [2.75, 3.05) is 11.5 Å². The van der Waals surface area contributed by atoms with Crippen molar-refractivity contribution in [3.05, 3.63) is 12.7 Å². The Hall–Kier alpha value is 0.400. The monoisotopic (exact) mass is 176 g/mol. The molecule has 0 unspecified atom stereocenters. The molecule has 10 heavy (non-hydrogen) atoms. The van der Waals surface area contributed by atoms with Gasteiger partial charge in [-0.2, -0.15) is 0 Å². The van der Waals surface area contributed by atoms with Crippen LogP contribution < -0.4 is 0 Å². The predicted molar refractivity (Wildman–Crippen MR) is 49.5 cm³/mol. The fourth-order valence-electron chi connectivity index (χ4n) is 0.814. The van der Waals surface area contributed by atoms with E-state index in [1.807, 2.05) is 23.5 Å². The molecule has 58 valence electrons. The van der Waals surface area contributed by atoms with Crippen LogP contribution in [-0.4, -0.2) is 27.3 Å². The lowest BCUT2D eigenvalue weighted by molar-refractivity contribution is 0.241. The molecule has 1 saturated heterocycles. The van der Waals surface area contributed by atoms with Crippen molar-refractivity contribution in [3.8, 4) is 0 Å². The fourth-order valence-corrected chi connectivity index (χ4v) is 3.66. The maximum atomic E-state index is 9.32. The first-order valence-corrected chi connectivity index (χ1v) is 5.48. The van der Waals surface area contributed by atoms with Crippen LogP contribution in [0.15, 0.2) is 12.7 Å². The minimum Gasteiger partial charge on any atom is -0.387 e. The first-order valence-electron chi connectivity index (χ1n) is 3.38. The van der Waals surface area contributed by atoms with E-state index in [4.69, 9.17) is 0 Å². The maximum absolute atomic E-state index is 9.32. The Morgan fingerprint density at radius 1 is 1.50 bits per heavy atom. The molecule has 1 nitrogen and oxygen atoms in total. The molecule has 1 fully saturated rings. The number of rotatable bonds is 2. The second-order valence-electron chi connectivity index (χ2n) is 2.19. The minimum atomic E-state index is -0.324. The van der Waals surface area contributed by atoms with Crippen LogP contribution >= 0.6 is 23.5 Å². The normalized spacial score (nSPS) is 24.1. The molecule has 0 aromatic heterocycles. The quantitative estimate of drug-likeness (QED) is 0.647. The zero-order valence-corrected chi connectivity index (χ0v) is 7.46. The van der Waals surface area contributed by atoms with Gasteiger partial charge in [-0.3, -0.25) is 0 Å². The van der Waals surface area contributed by atoms with Gasteiger partial charge >= 0.3 is 0 Å². The van der Waals surface area contributed by atoms with Crippen molar-refractivity contribution in [1.29, 1.82) is 0 Å². The molecule has 0 amide bonds. The third-order valence-electron chi connectivity index (χ3n) is 1.37. The molecule has 1 rings (SSSR count). The Labute approximate surface area is 70.3 Å². The summed E-state index contributed by atoms with van der Waals surface area (Å²) in [6.07, 6.45) is 2.57. The Morgan fingerprint density at radius 2 is 2.10 bits per heavy atom. The Morgan fingerprint density at radius 3 is 2.60 bits per heavy atom. The number of thioether (sulfide) groups is 2. The number of aliphatic hydroxyl groups is 1. The van der Waals surface area contributed by atoms with Crippen LogP contribution in [0, 0.1) is 0 Å². The second kappa shape index (κ2) is 4.31. The van der Waals surface area contributed by atoms with Crippen LogP contribution in [0.2, 0.25) is 0 Å². The summed E-state index contributed by atoms with van der Waals surface area (Å²) in [6.45, 7) is 3.56. The minimum absolute atomic E-state index is 0.324. The number of hydrogen-bond acceptors (Lipinski definition) is 3. The molecule has 1 aliphatic heterocycles. The van der Waals surface area contributed by atoms with Gasteiger partial charge in [0, 0.05) is 0 Å². The molecule has 1 heterocycles. The summed E-state index contributed by atoms with van der Waals surface area (Å²) in [4.78, 5) is 0. The van der Waals surface area contributed by atoms with E-state index in [1.54, 1.807) is 6.08 Å². The van der Waals surface area contributed by atoms with Gasteiger partial charge in [-0.1, -0.05) is 6.08 Å². The van der Waals surface area contributed by atoms with Crippen LogP contribution in [0.5, 0.6) is 0 Å². The smallest absolute Gasteiger partial charge is 0.0928 e. The highest BCUT2D eigenvalue weighted by molar-refractivity contribution is 8.17. The van der Waals surface area contributed by atoms with Gasteiger partial charge in [0.05, 0.1) is 10.7 Å². The fraction of sp³-hybridized carbons (Fsp3) is 0.714. The topological polar surface area (TPSA) is 20.2 Å². The van der Waals surface area contributed by atoms with Crippen molar-refractivity contribution >= 4 is 23.5 Å². The van der Waals surface area contributed by atoms with E-state index >= 15 is 0 Å². The molecule has 1 aliphatic rings. The van der Waals surface area contributed by atoms with Crippen LogP contribution in [0.1, 0.15) is 6.42 Å². The van der Waals surface area contributed by atoms with Gasteiger partial charge in [-0.25, -0.2) is 0 Å². The SMILES string of the molecule is C=C[C@H](O)C1SCCCS1. The Kier molecular flexibility index (Phi) is 3.66. The van der Waals surface area contributed by atoms with E-state index in [2.05, 4.69) is 6.58 Å². The van der Waals surface area contributed by atoms with Crippen molar-refractivity contribution < 1.29 is 5.11 Å². The molecule has 0 bridgehead atoms. The van der Waals surface area contributed by atoms with E-state index < -0.39 is 0 Å². The van der Waals surface area contributed by atoms with Crippen molar-refractivity contribution in [1.82, 2.24) is 0 Å². The average molecular weight is 176 g/mol. The summed E-state index contributed by atoms with van der Waals surface area (Å²) in [6, 6.07) is 0. The molecule has 0 aromatic carbocycles. The van der Waals surface area contributed by atoms with E-state index in [0.29, 0.717) is 4.58 Å². The molecule has 3 heteroatoms. The summed E-state index contributed by atoms with van der Waals surface area (Å²) < 4.78 is 0.339. The zero-order chi connectivity index (χ0) is 7.40.